The topological polar surface area (TPSA) is 78.4 Å². The number of hydrogen-bond acceptors (Lipinski definition) is 7. The fraction of sp³-hybridized carbons (Fsp3) is 0.118. The quantitative estimate of drug-likeness (QED) is 0.435. The number of aromatic nitrogens is 2. The lowest BCUT2D eigenvalue weighted by Crippen LogP contribution is -2.06. The van der Waals surface area contributed by atoms with Gasteiger partial charge in [-0.2, -0.15) is 16.3 Å². The third-order valence-electron chi connectivity index (χ3n) is 3.65. The lowest BCUT2D eigenvalue weighted by molar-refractivity contribution is 0.0424. The molecule has 8 heteroatoms. The van der Waals surface area contributed by atoms with Gasteiger partial charge in [-0.05, 0) is 36.6 Å². The minimum Gasteiger partial charge on any atom is -0.451 e. The first-order valence-electron chi connectivity index (χ1n) is 7.33. The van der Waals surface area contributed by atoms with Crippen LogP contribution in [0.25, 0.3) is 22.4 Å². The molecule has 0 bridgehead atoms. The van der Waals surface area contributed by atoms with Crippen LogP contribution in [-0.4, -0.2) is 16.1 Å². The molecule has 0 spiro atoms. The zero-order valence-corrected chi connectivity index (χ0v) is 15.4. The molecule has 0 aliphatic heterocycles. The van der Waals surface area contributed by atoms with Gasteiger partial charge in [0.25, 0.3) is 5.89 Å². The van der Waals surface area contributed by atoms with E-state index >= 15 is 0 Å². The molecule has 3 heterocycles. The second-order valence-electron chi connectivity index (χ2n) is 5.30. The Kier molecular flexibility index (Phi) is 4.14. The summed E-state index contributed by atoms with van der Waals surface area (Å²) in [5.41, 5.74) is 2.20. The molecule has 0 amide bonds. The molecule has 0 saturated carbocycles. The Labute approximate surface area is 154 Å². The molecule has 1 aromatic carbocycles. The molecular formula is C17H11BrN2O4S. The molecule has 0 atom stereocenters. The molecule has 0 unspecified atom stereocenters. The van der Waals surface area contributed by atoms with Gasteiger partial charge in [0.15, 0.2) is 6.61 Å². The van der Waals surface area contributed by atoms with Crippen molar-refractivity contribution in [2.75, 3.05) is 0 Å². The van der Waals surface area contributed by atoms with Crippen molar-refractivity contribution >= 4 is 44.2 Å². The fourth-order valence-electron chi connectivity index (χ4n) is 2.40. The van der Waals surface area contributed by atoms with Gasteiger partial charge in [0.05, 0.1) is 5.56 Å². The van der Waals surface area contributed by atoms with E-state index in [1.807, 2.05) is 35.9 Å². The number of fused-ring (bicyclic) bond motifs is 1. The number of carbonyl (C=O) groups excluding carboxylic acids is 1. The van der Waals surface area contributed by atoms with Crippen molar-refractivity contribution in [2.45, 2.75) is 13.5 Å². The molecule has 3 aromatic heterocycles. The van der Waals surface area contributed by atoms with E-state index in [9.17, 15) is 4.79 Å². The Morgan fingerprint density at radius 2 is 2.24 bits per heavy atom. The predicted molar refractivity (Wildman–Crippen MR) is 95.4 cm³/mol. The van der Waals surface area contributed by atoms with Crippen LogP contribution in [0.4, 0.5) is 0 Å². The second-order valence-corrected chi connectivity index (χ2v) is 7.00. The van der Waals surface area contributed by atoms with E-state index < -0.39 is 5.97 Å². The summed E-state index contributed by atoms with van der Waals surface area (Å²) >= 11 is 4.94. The Morgan fingerprint density at radius 3 is 3.04 bits per heavy atom. The molecular weight excluding hydrogens is 408 g/mol. The number of thiophene rings is 1. The van der Waals surface area contributed by atoms with E-state index in [1.165, 1.54) is 11.3 Å². The van der Waals surface area contributed by atoms with Crippen LogP contribution in [0.5, 0.6) is 0 Å². The highest BCUT2D eigenvalue weighted by Crippen LogP contribution is 2.28. The standard InChI is InChI=1S/C17H11BrN2O4S/c1-9-12-6-11(18)2-3-13(12)23-15(9)17(21)22-7-14-19-16(24-20-14)10-4-5-25-8-10/h2-6,8H,7H2,1H3. The van der Waals surface area contributed by atoms with Gasteiger partial charge >= 0.3 is 5.97 Å². The molecule has 6 nitrogen and oxygen atoms in total. The highest BCUT2D eigenvalue weighted by molar-refractivity contribution is 9.10. The highest BCUT2D eigenvalue weighted by Gasteiger charge is 2.20. The van der Waals surface area contributed by atoms with Crippen LogP contribution in [0.15, 0.2) is 48.4 Å². The first-order valence-corrected chi connectivity index (χ1v) is 9.06. The van der Waals surface area contributed by atoms with Crippen molar-refractivity contribution in [3.63, 3.8) is 0 Å². The number of rotatable bonds is 4. The summed E-state index contributed by atoms with van der Waals surface area (Å²) in [4.78, 5) is 16.5. The predicted octanol–water partition coefficient (Wildman–Crippen LogP) is 4.97. The summed E-state index contributed by atoms with van der Waals surface area (Å²) in [6, 6.07) is 7.43. The van der Waals surface area contributed by atoms with E-state index in [-0.39, 0.29) is 12.4 Å². The van der Waals surface area contributed by atoms with Crippen LogP contribution in [0.1, 0.15) is 21.9 Å². The van der Waals surface area contributed by atoms with Gasteiger partial charge in [-0.1, -0.05) is 21.1 Å². The maximum Gasteiger partial charge on any atom is 0.375 e. The Hall–Kier alpha value is -2.45. The maximum absolute atomic E-state index is 12.3. The van der Waals surface area contributed by atoms with E-state index in [0.29, 0.717) is 17.3 Å². The molecule has 0 saturated heterocycles. The lowest BCUT2D eigenvalue weighted by atomic mass is 10.1. The molecule has 0 radical (unpaired) electrons. The van der Waals surface area contributed by atoms with E-state index in [4.69, 9.17) is 13.7 Å². The van der Waals surface area contributed by atoms with Gasteiger partial charge in [0.2, 0.25) is 11.6 Å². The first-order chi connectivity index (χ1) is 12.1. The molecule has 0 aliphatic carbocycles. The average molecular weight is 419 g/mol. The largest absolute Gasteiger partial charge is 0.451 e. The SMILES string of the molecule is Cc1c(C(=O)OCc2noc(-c3ccsc3)n2)oc2ccc(Br)cc12. The molecule has 0 fully saturated rings. The van der Waals surface area contributed by atoms with Crippen LogP contribution in [0.3, 0.4) is 0 Å². The number of nitrogens with zero attached hydrogens (tertiary/aromatic N) is 2. The minimum atomic E-state index is -0.563. The molecule has 126 valence electrons. The first kappa shape index (κ1) is 16.0. The van der Waals surface area contributed by atoms with Gasteiger partial charge in [0, 0.05) is 20.8 Å². The third-order valence-corrected chi connectivity index (χ3v) is 4.83. The van der Waals surface area contributed by atoms with E-state index in [0.717, 1.165) is 21.0 Å². The van der Waals surface area contributed by atoms with Crippen LogP contribution in [0.2, 0.25) is 0 Å². The Morgan fingerprint density at radius 1 is 1.36 bits per heavy atom. The lowest BCUT2D eigenvalue weighted by Gasteiger charge is -1.99. The Balaban J connectivity index is 1.50. The summed E-state index contributed by atoms with van der Waals surface area (Å²) in [5, 5.41) is 8.50. The minimum absolute atomic E-state index is 0.0906. The second kappa shape index (κ2) is 6.45. The number of ether oxygens (including phenoxy) is 1. The fourth-order valence-corrected chi connectivity index (χ4v) is 3.39. The number of benzene rings is 1. The van der Waals surface area contributed by atoms with E-state index in [1.54, 1.807) is 6.07 Å². The zero-order chi connectivity index (χ0) is 17.4. The van der Waals surface area contributed by atoms with Gasteiger partial charge in [-0.25, -0.2) is 4.79 Å². The molecule has 0 N–H and O–H groups in total. The van der Waals surface area contributed by atoms with Gasteiger partial charge in [-0.15, -0.1) is 0 Å². The van der Waals surface area contributed by atoms with Crippen molar-refractivity contribution in [2.24, 2.45) is 0 Å². The number of aryl methyl sites for hydroxylation is 1. The molecule has 25 heavy (non-hydrogen) atoms. The van der Waals surface area contributed by atoms with Gasteiger partial charge in [0.1, 0.15) is 5.58 Å². The Bertz CT molecular complexity index is 1050. The summed E-state index contributed by atoms with van der Waals surface area (Å²) in [6.07, 6.45) is 0. The number of halogens is 1. The number of carbonyl (C=O) groups is 1. The third kappa shape index (κ3) is 3.10. The van der Waals surface area contributed by atoms with Crippen molar-refractivity contribution in [1.82, 2.24) is 10.1 Å². The van der Waals surface area contributed by atoms with Crippen molar-refractivity contribution in [1.29, 1.82) is 0 Å². The smallest absolute Gasteiger partial charge is 0.375 e. The van der Waals surface area contributed by atoms with Crippen LogP contribution in [-0.2, 0) is 11.3 Å². The van der Waals surface area contributed by atoms with Crippen molar-refractivity contribution in [3.05, 3.63) is 56.6 Å². The van der Waals surface area contributed by atoms with Crippen molar-refractivity contribution in [3.8, 4) is 11.5 Å². The summed E-state index contributed by atoms with van der Waals surface area (Å²) in [5.74, 6) is 0.310. The molecule has 4 aromatic rings. The van der Waals surface area contributed by atoms with Gasteiger partial charge in [-0.3, -0.25) is 0 Å². The monoisotopic (exact) mass is 418 g/mol. The van der Waals surface area contributed by atoms with Gasteiger partial charge < -0.3 is 13.7 Å². The average Bonchev–Trinajstić information content (AvgIpc) is 3.33. The van der Waals surface area contributed by atoms with Crippen LogP contribution in [0, 0.1) is 6.92 Å². The summed E-state index contributed by atoms with van der Waals surface area (Å²) in [6.45, 7) is 1.73. The maximum atomic E-state index is 12.3. The zero-order valence-electron chi connectivity index (χ0n) is 13.0. The molecule has 0 aliphatic rings. The summed E-state index contributed by atoms with van der Waals surface area (Å²) in [7, 11) is 0. The van der Waals surface area contributed by atoms with E-state index in [2.05, 4.69) is 26.1 Å². The molecule has 4 rings (SSSR count). The van der Waals surface area contributed by atoms with Crippen LogP contribution < -0.4 is 0 Å². The number of esters is 1. The normalized spacial score (nSPS) is 11.1. The van der Waals surface area contributed by atoms with Crippen molar-refractivity contribution < 1.29 is 18.5 Å². The number of furan rings is 1. The van der Waals surface area contributed by atoms with Crippen LogP contribution >= 0.6 is 27.3 Å². The highest BCUT2D eigenvalue weighted by atomic mass is 79.9. The number of hydrogen-bond donors (Lipinski definition) is 0. The summed E-state index contributed by atoms with van der Waals surface area (Å²) < 4.78 is 16.9.